The van der Waals surface area contributed by atoms with E-state index in [4.69, 9.17) is 14.2 Å². The van der Waals surface area contributed by atoms with Crippen molar-refractivity contribution in [3.63, 3.8) is 0 Å². The number of carbonyl (C=O) groups excluding carboxylic acids is 1. The highest BCUT2D eigenvalue weighted by molar-refractivity contribution is 5.74. The predicted molar refractivity (Wildman–Crippen MR) is 161 cm³/mol. The lowest BCUT2D eigenvalue weighted by molar-refractivity contribution is -0.162. The van der Waals surface area contributed by atoms with Gasteiger partial charge in [0.2, 0.25) is 0 Å². The smallest absolute Gasteiger partial charge is 0.335 e. The second-order valence-corrected chi connectivity index (χ2v) is 10.5. The fourth-order valence-electron chi connectivity index (χ4n) is 4.34. The molecule has 0 aliphatic rings. The molecule has 0 saturated heterocycles. The van der Waals surface area contributed by atoms with Gasteiger partial charge in [-0.2, -0.15) is 0 Å². The van der Waals surface area contributed by atoms with E-state index in [1.165, 1.54) is 37.7 Å². The number of aromatic nitrogens is 2. The fourth-order valence-corrected chi connectivity index (χ4v) is 4.34. The number of unbranched alkanes of at least 4 members (excludes halogenated alkanes) is 6. The molecule has 0 bridgehead atoms. The Morgan fingerprint density at radius 3 is 2.05 bits per heavy atom. The van der Waals surface area contributed by atoms with Crippen LogP contribution in [-0.2, 0) is 20.7 Å². The van der Waals surface area contributed by atoms with Crippen molar-refractivity contribution in [3.8, 4) is 28.3 Å². The van der Waals surface area contributed by atoms with Crippen LogP contribution >= 0.6 is 0 Å². The fraction of sp³-hybridized carbons (Fsp3) is 0.500. The summed E-state index contributed by atoms with van der Waals surface area (Å²) in [4.78, 5) is 21.4. The zero-order valence-corrected chi connectivity index (χ0v) is 24.7. The average Bonchev–Trinajstić information content (AvgIpc) is 2.99. The van der Waals surface area contributed by atoms with E-state index in [1.807, 2.05) is 43.6 Å². The first-order chi connectivity index (χ1) is 19.5. The van der Waals surface area contributed by atoms with Crippen LogP contribution in [0.15, 0.2) is 60.9 Å². The van der Waals surface area contributed by atoms with Crippen LogP contribution in [-0.4, -0.2) is 41.4 Å². The van der Waals surface area contributed by atoms with Gasteiger partial charge in [0.1, 0.15) is 18.5 Å². The lowest BCUT2D eigenvalue weighted by atomic mass is 10.0. The highest BCUT2D eigenvalue weighted by Gasteiger charge is 2.18. The maximum Gasteiger partial charge on any atom is 0.335 e. The Kier molecular flexibility index (Phi) is 13.6. The van der Waals surface area contributed by atoms with Crippen molar-refractivity contribution in [1.82, 2.24) is 9.97 Å². The summed E-state index contributed by atoms with van der Waals surface area (Å²) in [6.45, 7) is 8.75. The summed E-state index contributed by atoms with van der Waals surface area (Å²) in [5.74, 6) is 0.990. The van der Waals surface area contributed by atoms with Gasteiger partial charge in [0.25, 0.3) is 0 Å². The molecule has 0 radical (unpaired) electrons. The van der Waals surface area contributed by atoms with Crippen LogP contribution in [0.1, 0.15) is 84.6 Å². The first-order valence-electron chi connectivity index (χ1n) is 15.0. The van der Waals surface area contributed by atoms with Crippen LogP contribution in [0.5, 0.6) is 5.75 Å². The molecule has 40 heavy (non-hydrogen) atoms. The van der Waals surface area contributed by atoms with E-state index >= 15 is 0 Å². The van der Waals surface area contributed by atoms with Crippen LogP contribution in [0.25, 0.3) is 22.5 Å². The Balaban J connectivity index is 1.44. The Bertz CT molecular complexity index is 1110. The summed E-state index contributed by atoms with van der Waals surface area (Å²) in [5.41, 5.74) is 4.42. The van der Waals surface area contributed by atoms with Gasteiger partial charge in [0.05, 0.1) is 0 Å². The van der Waals surface area contributed by atoms with Gasteiger partial charge in [0, 0.05) is 30.1 Å². The van der Waals surface area contributed by atoms with Gasteiger partial charge in [-0.05, 0) is 68.5 Å². The van der Waals surface area contributed by atoms with Crippen LogP contribution in [0.3, 0.4) is 0 Å². The first kappa shape index (κ1) is 31.3. The molecular weight excluding hydrogens is 500 g/mol. The average molecular weight is 547 g/mol. The van der Waals surface area contributed by atoms with E-state index in [1.54, 1.807) is 6.92 Å². The first-order valence-corrected chi connectivity index (χ1v) is 15.0. The molecule has 216 valence electrons. The maximum absolute atomic E-state index is 12.2. The second kappa shape index (κ2) is 17.4. The standard InChI is InChI=1S/C34H46N2O4/c1-5-7-9-10-11-13-28-14-16-29(17-15-28)31-23-35-33(36-24-31)30-18-20-32(21-19-30)39-25-26(3)40-34(37)27(4)38-22-12-8-6-2/h14-21,23-24,26-27H,5-13,22,25H2,1-4H3. The normalized spacial score (nSPS) is 12.6. The molecule has 3 aromatic rings. The third-order valence-electron chi connectivity index (χ3n) is 6.87. The van der Waals surface area contributed by atoms with E-state index in [9.17, 15) is 4.79 Å². The van der Waals surface area contributed by atoms with Crippen LogP contribution < -0.4 is 4.74 Å². The third kappa shape index (κ3) is 10.7. The van der Waals surface area contributed by atoms with Crippen LogP contribution in [0, 0.1) is 0 Å². The monoisotopic (exact) mass is 546 g/mol. The Hall–Kier alpha value is -3.25. The van der Waals surface area contributed by atoms with Gasteiger partial charge in [-0.25, -0.2) is 14.8 Å². The van der Waals surface area contributed by atoms with Crippen LogP contribution in [0.4, 0.5) is 0 Å². The minimum absolute atomic E-state index is 0.260. The van der Waals surface area contributed by atoms with Crippen molar-refractivity contribution in [2.24, 2.45) is 0 Å². The number of aryl methyl sites for hydroxylation is 1. The molecule has 6 heteroatoms. The number of hydrogen-bond acceptors (Lipinski definition) is 6. The Labute approximate surface area is 240 Å². The van der Waals surface area contributed by atoms with Gasteiger partial charge in [-0.1, -0.05) is 76.6 Å². The van der Waals surface area contributed by atoms with Gasteiger partial charge in [-0.15, -0.1) is 0 Å². The largest absolute Gasteiger partial charge is 0.490 e. The van der Waals surface area contributed by atoms with Gasteiger partial charge < -0.3 is 14.2 Å². The summed E-state index contributed by atoms with van der Waals surface area (Å²) in [6.07, 6.45) is 13.6. The molecule has 0 aliphatic carbocycles. The highest BCUT2D eigenvalue weighted by Crippen LogP contribution is 2.23. The quantitative estimate of drug-likeness (QED) is 0.118. The van der Waals surface area contributed by atoms with E-state index in [0.717, 1.165) is 42.4 Å². The number of benzene rings is 2. The molecule has 2 unspecified atom stereocenters. The van der Waals surface area contributed by atoms with Crippen LogP contribution in [0.2, 0.25) is 0 Å². The minimum Gasteiger partial charge on any atom is -0.490 e. The lowest BCUT2D eigenvalue weighted by Gasteiger charge is -2.18. The minimum atomic E-state index is -0.575. The molecule has 0 N–H and O–H groups in total. The molecule has 0 aliphatic heterocycles. The molecular formula is C34H46N2O4. The maximum atomic E-state index is 12.2. The molecule has 2 aromatic carbocycles. The van der Waals surface area contributed by atoms with Crippen molar-refractivity contribution in [2.45, 2.75) is 97.7 Å². The number of rotatable bonds is 18. The zero-order valence-electron chi connectivity index (χ0n) is 24.7. The number of nitrogens with zero attached hydrogens (tertiary/aromatic N) is 2. The second-order valence-electron chi connectivity index (χ2n) is 10.5. The van der Waals surface area contributed by atoms with Crippen molar-refractivity contribution < 1.29 is 19.0 Å². The van der Waals surface area contributed by atoms with E-state index in [0.29, 0.717) is 18.2 Å². The van der Waals surface area contributed by atoms with Gasteiger partial charge >= 0.3 is 5.97 Å². The number of hydrogen-bond donors (Lipinski definition) is 0. The predicted octanol–water partition coefficient (Wildman–Crippen LogP) is 8.23. The van der Waals surface area contributed by atoms with E-state index < -0.39 is 6.10 Å². The molecule has 0 amide bonds. The number of ether oxygens (including phenoxy) is 3. The molecule has 0 fully saturated rings. The third-order valence-corrected chi connectivity index (χ3v) is 6.87. The Morgan fingerprint density at radius 2 is 1.38 bits per heavy atom. The van der Waals surface area contributed by atoms with Crippen molar-refractivity contribution in [2.75, 3.05) is 13.2 Å². The molecule has 0 saturated carbocycles. The highest BCUT2D eigenvalue weighted by atomic mass is 16.6. The molecule has 3 rings (SSSR count). The Morgan fingerprint density at radius 1 is 0.750 bits per heavy atom. The van der Waals surface area contributed by atoms with Gasteiger partial charge in [-0.3, -0.25) is 0 Å². The molecule has 1 aromatic heterocycles. The summed E-state index contributed by atoms with van der Waals surface area (Å²) in [7, 11) is 0. The number of carbonyl (C=O) groups is 1. The van der Waals surface area contributed by atoms with Crippen molar-refractivity contribution in [3.05, 3.63) is 66.5 Å². The molecule has 6 nitrogen and oxygen atoms in total. The van der Waals surface area contributed by atoms with Crippen molar-refractivity contribution >= 4 is 5.97 Å². The van der Waals surface area contributed by atoms with Crippen molar-refractivity contribution in [1.29, 1.82) is 0 Å². The lowest BCUT2D eigenvalue weighted by Crippen LogP contribution is -2.30. The van der Waals surface area contributed by atoms with E-state index in [2.05, 4.69) is 48.1 Å². The SMILES string of the molecule is CCCCCCCc1ccc(-c2cnc(-c3ccc(OCC(C)OC(=O)C(C)OCCCCC)cc3)nc2)cc1. The van der Waals surface area contributed by atoms with E-state index in [-0.39, 0.29) is 18.7 Å². The molecule has 2 atom stereocenters. The van der Waals surface area contributed by atoms with Gasteiger partial charge in [0.15, 0.2) is 11.9 Å². The summed E-state index contributed by atoms with van der Waals surface area (Å²) >= 11 is 0. The summed E-state index contributed by atoms with van der Waals surface area (Å²) < 4.78 is 16.8. The zero-order chi connectivity index (χ0) is 28.6. The molecule has 0 spiro atoms. The summed E-state index contributed by atoms with van der Waals surface area (Å²) in [6, 6.07) is 16.4. The topological polar surface area (TPSA) is 70.5 Å². The number of esters is 1. The summed E-state index contributed by atoms with van der Waals surface area (Å²) in [5, 5.41) is 0. The molecule has 1 heterocycles.